The summed E-state index contributed by atoms with van der Waals surface area (Å²) in [6, 6.07) is 7.49. The second kappa shape index (κ2) is 5.72. The number of rotatable bonds is 2. The SMILES string of the molecule is CN1CCC(N(C)C(=O)c2cccc(Cl)c2)CC1. The van der Waals surface area contributed by atoms with E-state index < -0.39 is 0 Å². The number of carbonyl (C=O) groups excluding carboxylic acids is 1. The third kappa shape index (κ3) is 3.03. The van der Waals surface area contributed by atoms with Gasteiger partial charge in [-0.05, 0) is 51.2 Å². The number of likely N-dealkylation sites (tertiary alicyclic amines) is 1. The highest BCUT2D eigenvalue weighted by Crippen LogP contribution is 2.18. The van der Waals surface area contributed by atoms with Crippen LogP contribution >= 0.6 is 11.6 Å². The van der Waals surface area contributed by atoms with Gasteiger partial charge in [-0.1, -0.05) is 17.7 Å². The smallest absolute Gasteiger partial charge is 0.253 e. The minimum atomic E-state index is 0.0621. The summed E-state index contributed by atoms with van der Waals surface area (Å²) in [5.41, 5.74) is 0.670. The molecule has 1 aliphatic rings. The molecular formula is C14H19ClN2O. The lowest BCUT2D eigenvalue weighted by Crippen LogP contribution is -2.44. The molecule has 0 atom stereocenters. The molecule has 1 aliphatic heterocycles. The van der Waals surface area contributed by atoms with Crippen molar-refractivity contribution in [1.82, 2.24) is 9.80 Å². The van der Waals surface area contributed by atoms with Crippen molar-refractivity contribution >= 4 is 17.5 Å². The third-order valence-corrected chi connectivity index (χ3v) is 3.86. The number of benzene rings is 1. The number of carbonyl (C=O) groups is 1. The summed E-state index contributed by atoms with van der Waals surface area (Å²) in [5, 5.41) is 0.609. The van der Waals surface area contributed by atoms with E-state index in [1.165, 1.54) is 0 Å². The molecule has 1 fully saturated rings. The molecule has 0 unspecified atom stereocenters. The van der Waals surface area contributed by atoms with E-state index in [9.17, 15) is 4.79 Å². The van der Waals surface area contributed by atoms with Crippen LogP contribution in [-0.4, -0.2) is 48.9 Å². The van der Waals surface area contributed by atoms with Crippen molar-refractivity contribution in [2.24, 2.45) is 0 Å². The van der Waals surface area contributed by atoms with E-state index in [1.54, 1.807) is 12.1 Å². The Morgan fingerprint density at radius 3 is 2.67 bits per heavy atom. The number of amides is 1. The Balaban J connectivity index is 2.04. The molecule has 0 bridgehead atoms. The van der Waals surface area contributed by atoms with Gasteiger partial charge in [0.25, 0.3) is 5.91 Å². The van der Waals surface area contributed by atoms with Crippen molar-refractivity contribution in [2.45, 2.75) is 18.9 Å². The second-order valence-corrected chi connectivity index (χ2v) is 5.40. The molecule has 1 aromatic rings. The van der Waals surface area contributed by atoms with Gasteiger partial charge in [-0.15, -0.1) is 0 Å². The van der Waals surface area contributed by atoms with Crippen molar-refractivity contribution in [3.8, 4) is 0 Å². The molecule has 0 radical (unpaired) electrons. The van der Waals surface area contributed by atoms with E-state index in [0.717, 1.165) is 25.9 Å². The lowest BCUT2D eigenvalue weighted by Gasteiger charge is -2.35. The van der Waals surface area contributed by atoms with Crippen molar-refractivity contribution in [3.05, 3.63) is 34.9 Å². The molecule has 0 saturated carbocycles. The second-order valence-electron chi connectivity index (χ2n) is 4.96. The monoisotopic (exact) mass is 266 g/mol. The number of piperidine rings is 1. The molecule has 1 heterocycles. The van der Waals surface area contributed by atoms with Gasteiger partial charge in [0.05, 0.1) is 0 Å². The van der Waals surface area contributed by atoms with E-state index in [2.05, 4.69) is 11.9 Å². The highest BCUT2D eigenvalue weighted by atomic mass is 35.5. The number of hydrogen-bond acceptors (Lipinski definition) is 2. The average molecular weight is 267 g/mol. The summed E-state index contributed by atoms with van der Waals surface area (Å²) >= 11 is 5.92. The molecule has 0 N–H and O–H groups in total. The molecule has 4 heteroatoms. The van der Waals surface area contributed by atoms with E-state index >= 15 is 0 Å². The quantitative estimate of drug-likeness (QED) is 0.821. The first-order chi connectivity index (χ1) is 8.58. The minimum absolute atomic E-state index is 0.0621. The molecule has 1 aromatic carbocycles. The zero-order valence-electron chi connectivity index (χ0n) is 10.9. The van der Waals surface area contributed by atoms with Gasteiger partial charge in [-0.25, -0.2) is 0 Å². The van der Waals surface area contributed by atoms with Gasteiger partial charge in [0.2, 0.25) is 0 Å². The molecule has 2 rings (SSSR count). The van der Waals surface area contributed by atoms with Gasteiger partial charge in [0.15, 0.2) is 0 Å². The van der Waals surface area contributed by atoms with Gasteiger partial charge >= 0.3 is 0 Å². The van der Waals surface area contributed by atoms with Crippen LogP contribution in [0.5, 0.6) is 0 Å². The molecule has 0 spiro atoms. The summed E-state index contributed by atoms with van der Waals surface area (Å²) in [6.07, 6.45) is 2.08. The Bertz CT molecular complexity index is 428. The van der Waals surface area contributed by atoms with Crippen LogP contribution in [0.3, 0.4) is 0 Å². The van der Waals surface area contributed by atoms with Crippen LogP contribution in [0.15, 0.2) is 24.3 Å². The zero-order chi connectivity index (χ0) is 13.1. The van der Waals surface area contributed by atoms with Crippen molar-refractivity contribution in [3.63, 3.8) is 0 Å². The summed E-state index contributed by atoms with van der Waals surface area (Å²) in [5.74, 6) is 0.0621. The highest BCUT2D eigenvalue weighted by Gasteiger charge is 2.24. The standard InChI is InChI=1S/C14H19ClN2O/c1-16-8-6-13(7-9-16)17(2)14(18)11-4-3-5-12(15)10-11/h3-5,10,13H,6-9H2,1-2H3. The van der Waals surface area contributed by atoms with Gasteiger partial charge < -0.3 is 9.80 Å². The number of nitrogens with zero attached hydrogens (tertiary/aromatic N) is 2. The Morgan fingerprint density at radius 1 is 1.39 bits per heavy atom. The summed E-state index contributed by atoms with van der Waals surface area (Å²) < 4.78 is 0. The molecule has 1 amide bonds. The summed E-state index contributed by atoms with van der Waals surface area (Å²) in [7, 11) is 4.01. The largest absolute Gasteiger partial charge is 0.339 e. The van der Waals surface area contributed by atoms with Gasteiger partial charge in [0.1, 0.15) is 0 Å². The molecular weight excluding hydrogens is 248 g/mol. The maximum atomic E-state index is 12.3. The van der Waals surface area contributed by atoms with E-state index in [-0.39, 0.29) is 5.91 Å². The zero-order valence-corrected chi connectivity index (χ0v) is 11.7. The first kappa shape index (κ1) is 13.4. The first-order valence-electron chi connectivity index (χ1n) is 6.29. The maximum Gasteiger partial charge on any atom is 0.253 e. The first-order valence-corrected chi connectivity index (χ1v) is 6.67. The Morgan fingerprint density at radius 2 is 2.06 bits per heavy atom. The van der Waals surface area contributed by atoms with Crippen LogP contribution in [-0.2, 0) is 0 Å². The van der Waals surface area contributed by atoms with Crippen LogP contribution in [0.2, 0.25) is 5.02 Å². The lowest BCUT2D eigenvalue weighted by molar-refractivity contribution is 0.0659. The molecule has 0 aromatic heterocycles. The highest BCUT2D eigenvalue weighted by molar-refractivity contribution is 6.30. The predicted octanol–water partition coefficient (Wildman–Crippen LogP) is 2.51. The van der Waals surface area contributed by atoms with Gasteiger partial charge in [0, 0.05) is 23.7 Å². The maximum absolute atomic E-state index is 12.3. The fourth-order valence-corrected chi connectivity index (χ4v) is 2.56. The molecule has 1 saturated heterocycles. The van der Waals surface area contributed by atoms with Crippen LogP contribution in [0.25, 0.3) is 0 Å². The lowest BCUT2D eigenvalue weighted by atomic mass is 10.0. The van der Waals surface area contributed by atoms with Crippen LogP contribution in [0, 0.1) is 0 Å². The normalized spacial score (nSPS) is 17.7. The Hall–Kier alpha value is -1.06. The van der Waals surface area contributed by atoms with E-state index in [0.29, 0.717) is 16.6 Å². The van der Waals surface area contributed by atoms with Crippen LogP contribution in [0.1, 0.15) is 23.2 Å². The predicted molar refractivity (Wildman–Crippen MR) is 74.1 cm³/mol. The van der Waals surface area contributed by atoms with Gasteiger partial charge in [-0.3, -0.25) is 4.79 Å². The summed E-state index contributed by atoms with van der Waals surface area (Å²) in [6.45, 7) is 2.11. The summed E-state index contributed by atoms with van der Waals surface area (Å²) in [4.78, 5) is 16.5. The van der Waals surface area contributed by atoms with E-state index in [4.69, 9.17) is 11.6 Å². The molecule has 98 valence electrons. The van der Waals surface area contributed by atoms with Gasteiger partial charge in [-0.2, -0.15) is 0 Å². The molecule has 18 heavy (non-hydrogen) atoms. The number of halogens is 1. The molecule has 0 aliphatic carbocycles. The third-order valence-electron chi connectivity index (χ3n) is 3.63. The Labute approximate surface area is 113 Å². The fourth-order valence-electron chi connectivity index (χ4n) is 2.37. The van der Waals surface area contributed by atoms with Crippen molar-refractivity contribution < 1.29 is 4.79 Å². The van der Waals surface area contributed by atoms with Crippen LogP contribution < -0.4 is 0 Å². The number of hydrogen-bond donors (Lipinski definition) is 0. The molecule has 3 nitrogen and oxygen atoms in total. The van der Waals surface area contributed by atoms with Crippen molar-refractivity contribution in [2.75, 3.05) is 27.2 Å². The Kier molecular flexibility index (Phi) is 4.25. The topological polar surface area (TPSA) is 23.6 Å². The average Bonchev–Trinajstić information content (AvgIpc) is 2.38. The van der Waals surface area contributed by atoms with Crippen LogP contribution in [0.4, 0.5) is 0 Å². The fraction of sp³-hybridized carbons (Fsp3) is 0.500. The van der Waals surface area contributed by atoms with E-state index in [1.807, 2.05) is 24.1 Å². The minimum Gasteiger partial charge on any atom is -0.339 e. The van der Waals surface area contributed by atoms with Crippen molar-refractivity contribution in [1.29, 1.82) is 0 Å².